The smallest absolute Gasteiger partial charge is 0.261 e. The molecule has 19 heavy (non-hydrogen) atoms. The van der Waals surface area contributed by atoms with E-state index >= 15 is 0 Å². The molecule has 1 aromatic carbocycles. The van der Waals surface area contributed by atoms with E-state index in [4.69, 9.17) is 16.4 Å². The van der Waals surface area contributed by atoms with Crippen LogP contribution in [0.4, 0.5) is 0 Å². The van der Waals surface area contributed by atoms with E-state index in [0.29, 0.717) is 5.02 Å². The van der Waals surface area contributed by atoms with Crippen molar-refractivity contribution in [2.75, 3.05) is 14.1 Å². The lowest BCUT2D eigenvalue weighted by Crippen LogP contribution is -2.33. The first kappa shape index (κ1) is 12.6. The number of rotatable bonds is 1. The van der Waals surface area contributed by atoms with Crippen LogP contribution in [0.3, 0.4) is 0 Å². The molecule has 2 aliphatic heterocycles. The highest BCUT2D eigenvalue weighted by Crippen LogP contribution is 2.43. The molecule has 2 saturated heterocycles. The van der Waals surface area contributed by atoms with Gasteiger partial charge in [-0.15, -0.1) is 0 Å². The molecule has 3 rings (SSSR count). The van der Waals surface area contributed by atoms with Gasteiger partial charge in [0.2, 0.25) is 5.91 Å². The van der Waals surface area contributed by atoms with E-state index < -0.39 is 12.0 Å². The van der Waals surface area contributed by atoms with E-state index in [-0.39, 0.29) is 17.9 Å². The third kappa shape index (κ3) is 1.77. The average molecular weight is 281 g/mol. The summed E-state index contributed by atoms with van der Waals surface area (Å²) in [5.41, 5.74) is 0.874. The van der Waals surface area contributed by atoms with Crippen LogP contribution in [0.15, 0.2) is 24.3 Å². The fraction of sp³-hybridized carbons (Fsp3) is 0.385. The van der Waals surface area contributed by atoms with E-state index in [0.717, 1.165) is 10.5 Å². The van der Waals surface area contributed by atoms with Crippen LogP contribution in [-0.4, -0.2) is 42.0 Å². The van der Waals surface area contributed by atoms with Crippen molar-refractivity contribution < 1.29 is 14.4 Å². The minimum absolute atomic E-state index is 0.204. The van der Waals surface area contributed by atoms with Crippen LogP contribution in [0, 0.1) is 5.92 Å². The van der Waals surface area contributed by atoms with Gasteiger partial charge in [-0.2, -0.15) is 5.06 Å². The van der Waals surface area contributed by atoms with Crippen LogP contribution < -0.4 is 0 Å². The van der Waals surface area contributed by atoms with Crippen molar-refractivity contribution in [1.29, 1.82) is 0 Å². The predicted molar refractivity (Wildman–Crippen MR) is 68.1 cm³/mol. The summed E-state index contributed by atoms with van der Waals surface area (Å²) in [6.07, 6.45) is -0.716. The summed E-state index contributed by atoms with van der Waals surface area (Å²) in [5.74, 6) is -0.989. The van der Waals surface area contributed by atoms with Gasteiger partial charge in [-0.25, -0.2) is 0 Å². The Labute approximate surface area is 115 Å². The first-order chi connectivity index (χ1) is 9.00. The molecule has 0 aromatic heterocycles. The van der Waals surface area contributed by atoms with Gasteiger partial charge in [0.05, 0.1) is 12.0 Å². The minimum Gasteiger partial charge on any atom is -0.284 e. The van der Waals surface area contributed by atoms with Gasteiger partial charge in [-0.3, -0.25) is 19.3 Å². The number of fused-ring (bicyclic) bond motifs is 1. The zero-order valence-corrected chi connectivity index (χ0v) is 11.3. The lowest BCUT2D eigenvalue weighted by molar-refractivity contribution is -0.168. The first-order valence-corrected chi connectivity index (χ1v) is 6.35. The molecule has 0 saturated carbocycles. The van der Waals surface area contributed by atoms with Crippen LogP contribution in [0.2, 0.25) is 5.02 Å². The van der Waals surface area contributed by atoms with Gasteiger partial charge in [-0.05, 0) is 17.7 Å². The number of likely N-dealkylation sites (N-methyl/N-ethyl adjacent to an activating group) is 1. The largest absolute Gasteiger partial charge is 0.284 e. The Morgan fingerprint density at radius 2 is 1.95 bits per heavy atom. The van der Waals surface area contributed by atoms with E-state index in [1.54, 1.807) is 24.2 Å². The van der Waals surface area contributed by atoms with E-state index in [1.165, 1.54) is 7.05 Å². The molecule has 5 nitrogen and oxygen atoms in total. The molecule has 0 radical (unpaired) electrons. The third-order valence-electron chi connectivity index (χ3n) is 3.72. The zero-order chi connectivity index (χ0) is 13.7. The molecule has 0 spiro atoms. The maximum atomic E-state index is 12.2. The van der Waals surface area contributed by atoms with Gasteiger partial charge in [0.15, 0.2) is 6.10 Å². The highest BCUT2D eigenvalue weighted by molar-refractivity contribution is 6.30. The Kier molecular flexibility index (Phi) is 2.85. The van der Waals surface area contributed by atoms with Gasteiger partial charge in [0.25, 0.3) is 5.91 Å². The maximum absolute atomic E-state index is 12.2. The number of hydroxylamine groups is 2. The average Bonchev–Trinajstić information content (AvgIpc) is 2.81. The molecule has 2 fully saturated rings. The summed E-state index contributed by atoms with van der Waals surface area (Å²) in [5, 5.41) is 2.17. The van der Waals surface area contributed by atoms with Crippen LogP contribution in [0.25, 0.3) is 0 Å². The standard InChI is InChI=1S/C13H13ClN2O3/c1-15-12(17)9-10(7-4-3-5-8(14)6-7)16(2)19-11(9)13(15)18/h3-6,9-11H,1-2H3/t9-,10+,11+/m0/s1. The van der Waals surface area contributed by atoms with Gasteiger partial charge in [0.1, 0.15) is 0 Å². The first-order valence-electron chi connectivity index (χ1n) is 5.97. The summed E-state index contributed by atoms with van der Waals surface area (Å²) in [7, 11) is 3.21. The zero-order valence-electron chi connectivity index (χ0n) is 10.5. The number of hydrogen-bond donors (Lipinski definition) is 0. The molecule has 100 valence electrons. The van der Waals surface area contributed by atoms with Crippen molar-refractivity contribution >= 4 is 23.4 Å². The lowest BCUT2D eigenvalue weighted by Gasteiger charge is -2.22. The second-order valence-electron chi connectivity index (χ2n) is 4.83. The molecule has 0 unspecified atom stereocenters. The van der Waals surface area contributed by atoms with Crippen molar-refractivity contribution in [3.05, 3.63) is 34.9 Å². The Bertz CT molecular complexity index is 563. The number of imide groups is 1. The van der Waals surface area contributed by atoms with Crippen LogP contribution in [0.1, 0.15) is 11.6 Å². The van der Waals surface area contributed by atoms with E-state index in [1.807, 2.05) is 12.1 Å². The molecule has 0 bridgehead atoms. The Morgan fingerprint density at radius 3 is 2.63 bits per heavy atom. The number of carbonyl (C=O) groups is 2. The fourth-order valence-electron chi connectivity index (χ4n) is 2.80. The third-order valence-corrected chi connectivity index (χ3v) is 3.95. The van der Waals surface area contributed by atoms with E-state index in [9.17, 15) is 9.59 Å². The Balaban J connectivity index is 2.02. The topological polar surface area (TPSA) is 49.9 Å². The monoisotopic (exact) mass is 280 g/mol. The summed E-state index contributed by atoms with van der Waals surface area (Å²) in [6.45, 7) is 0. The fourth-order valence-corrected chi connectivity index (χ4v) is 2.99. The molecule has 2 aliphatic rings. The molecule has 6 heteroatoms. The summed E-state index contributed by atoms with van der Waals surface area (Å²) in [6, 6.07) is 6.99. The highest BCUT2D eigenvalue weighted by atomic mass is 35.5. The van der Waals surface area contributed by atoms with E-state index in [2.05, 4.69) is 0 Å². The number of benzene rings is 1. The van der Waals surface area contributed by atoms with Gasteiger partial charge >= 0.3 is 0 Å². The van der Waals surface area contributed by atoms with Crippen LogP contribution in [0.5, 0.6) is 0 Å². The van der Waals surface area contributed by atoms with Gasteiger partial charge in [0, 0.05) is 19.1 Å². The summed E-state index contributed by atoms with van der Waals surface area (Å²) in [4.78, 5) is 30.8. The molecule has 2 heterocycles. The van der Waals surface area contributed by atoms with Crippen molar-refractivity contribution in [3.8, 4) is 0 Å². The summed E-state index contributed by atoms with van der Waals surface area (Å²) < 4.78 is 0. The van der Waals surface area contributed by atoms with Crippen molar-refractivity contribution in [2.24, 2.45) is 5.92 Å². The van der Waals surface area contributed by atoms with Crippen molar-refractivity contribution in [1.82, 2.24) is 9.96 Å². The molecule has 2 amide bonds. The number of carbonyl (C=O) groups excluding carboxylic acids is 2. The minimum atomic E-state index is -0.716. The second kappa shape index (κ2) is 4.30. The van der Waals surface area contributed by atoms with Gasteiger partial charge in [-0.1, -0.05) is 23.7 Å². The summed E-state index contributed by atoms with van der Waals surface area (Å²) >= 11 is 5.99. The number of amides is 2. The molecule has 3 atom stereocenters. The molecule has 0 aliphatic carbocycles. The number of halogens is 1. The van der Waals surface area contributed by atoms with Crippen molar-refractivity contribution in [3.63, 3.8) is 0 Å². The number of hydrogen-bond acceptors (Lipinski definition) is 4. The van der Waals surface area contributed by atoms with Crippen LogP contribution in [-0.2, 0) is 14.4 Å². The maximum Gasteiger partial charge on any atom is 0.261 e. The number of likely N-dealkylation sites (tertiary alicyclic amines) is 1. The SMILES string of the molecule is CN1C(=O)[C@H]2[C@@H](c3cccc(Cl)c3)N(C)O[C@H]2C1=O. The normalized spacial score (nSPS) is 31.1. The lowest BCUT2D eigenvalue weighted by atomic mass is 9.91. The highest BCUT2D eigenvalue weighted by Gasteiger charge is 2.57. The van der Waals surface area contributed by atoms with Gasteiger partial charge < -0.3 is 0 Å². The van der Waals surface area contributed by atoms with Crippen LogP contribution >= 0.6 is 11.6 Å². The predicted octanol–water partition coefficient (Wildman–Crippen LogP) is 1.24. The molecule has 0 N–H and O–H groups in total. The molecule has 1 aromatic rings. The molecular formula is C13H13ClN2O3. The number of nitrogens with zero attached hydrogens (tertiary/aromatic N) is 2. The Morgan fingerprint density at radius 1 is 1.21 bits per heavy atom. The quantitative estimate of drug-likeness (QED) is 0.727. The Hall–Kier alpha value is -1.43. The second-order valence-corrected chi connectivity index (χ2v) is 5.27. The van der Waals surface area contributed by atoms with Crippen molar-refractivity contribution in [2.45, 2.75) is 12.1 Å². The molecular weight excluding hydrogens is 268 g/mol.